The second-order valence-corrected chi connectivity index (χ2v) is 8.73. The average molecular weight is 495 g/mol. The molecule has 2 aromatic carbocycles. The van der Waals surface area contributed by atoms with E-state index in [-0.39, 0.29) is 18.8 Å². The Balaban J connectivity index is 1.89. The Morgan fingerprint density at radius 2 is 1.80 bits per heavy atom. The number of carbonyl (C=O) groups excluding carboxylic acids is 1. The van der Waals surface area contributed by atoms with Crippen LogP contribution in [0.4, 0.5) is 0 Å². The molecule has 1 aliphatic heterocycles. The molecule has 0 aliphatic carbocycles. The van der Waals surface area contributed by atoms with Gasteiger partial charge in [-0.25, -0.2) is 9.79 Å². The molecule has 0 amide bonds. The molecule has 1 aromatic heterocycles. The van der Waals surface area contributed by atoms with Crippen LogP contribution in [0.2, 0.25) is 0 Å². The Labute approximate surface area is 206 Å². The summed E-state index contributed by atoms with van der Waals surface area (Å²) in [7, 11) is 4.70. The number of fused-ring (bicyclic) bond motifs is 1. The van der Waals surface area contributed by atoms with Crippen molar-refractivity contribution < 1.29 is 23.7 Å². The summed E-state index contributed by atoms with van der Waals surface area (Å²) in [4.78, 5) is 31.9. The van der Waals surface area contributed by atoms with E-state index in [0.717, 1.165) is 11.1 Å². The Bertz CT molecular complexity index is 1440. The first-order chi connectivity index (χ1) is 17.0. The van der Waals surface area contributed by atoms with E-state index in [4.69, 9.17) is 18.9 Å². The van der Waals surface area contributed by atoms with Crippen molar-refractivity contribution in [1.82, 2.24) is 4.57 Å². The largest absolute Gasteiger partial charge is 0.497 e. The van der Waals surface area contributed by atoms with Crippen molar-refractivity contribution in [2.75, 3.05) is 34.5 Å². The molecule has 0 fully saturated rings. The van der Waals surface area contributed by atoms with Gasteiger partial charge in [0, 0.05) is 12.7 Å². The van der Waals surface area contributed by atoms with Crippen LogP contribution in [0.15, 0.2) is 69.6 Å². The molecule has 3 aromatic rings. The predicted molar refractivity (Wildman–Crippen MR) is 133 cm³/mol. The zero-order chi connectivity index (χ0) is 24.9. The minimum Gasteiger partial charge on any atom is -0.497 e. The van der Waals surface area contributed by atoms with E-state index in [1.807, 2.05) is 36.4 Å². The van der Waals surface area contributed by atoms with Gasteiger partial charge in [0.05, 0.1) is 42.7 Å². The fraction of sp³-hybridized carbons (Fsp3) is 0.269. The SMILES string of the molecule is COCCOC(=O)C1=C(C)N=c2sc(=Cc3ccccc3OC)c(=O)n2[C@@H]1c1ccc(OC)cc1. The minimum atomic E-state index is -0.702. The number of esters is 1. The van der Waals surface area contributed by atoms with E-state index in [9.17, 15) is 9.59 Å². The summed E-state index contributed by atoms with van der Waals surface area (Å²) in [5.74, 6) is 0.786. The van der Waals surface area contributed by atoms with Crippen LogP contribution in [0.1, 0.15) is 24.1 Å². The molecule has 0 N–H and O–H groups in total. The highest BCUT2D eigenvalue weighted by molar-refractivity contribution is 7.07. The van der Waals surface area contributed by atoms with Crippen LogP contribution < -0.4 is 24.4 Å². The molecular formula is C26H26N2O6S. The third kappa shape index (κ3) is 4.91. The topological polar surface area (TPSA) is 88.4 Å². The first-order valence-corrected chi connectivity index (χ1v) is 11.8. The van der Waals surface area contributed by atoms with Gasteiger partial charge in [-0.2, -0.15) is 0 Å². The first-order valence-electron chi connectivity index (χ1n) is 10.9. The Morgan fingerprint density at radius 3 is 2.49 bits per heavy atom. The molecule has 2 heterocycles. The molecule has 0 unspecified atom stereocenters. The van der Waals surface area contributed by atoms with E-state index in [1.165, 1.54) is 18.4 Å². The number of benzene rings is 2. The van der Waals surface area contributed by atoms with Gasteiger partial charge < -0.3 is 18.9 Å². The molecule has 0 saturated heterocycles. The van der Waals surface area contributed by atoms with Crippen LogP contribution in [0.25, 0.3) is 6.08 Å². The van der Waals surface area contributed by atoms with E-state index < -0.39 is 12.0 Å². The van der Waals surface area contributed by atoms with Crippen LogP contribution in [-0.4, -0.2) is 45.1 Å². The van der Waals surface area contributed by atoms with Crippen molar-refractivity contribution in [2.24, 2.45) is 4.99 Å². The second kappa shape index (κ2) is 10.7. The quantitative estimate of drug-likeness (QED) is 0.353. The first kappa shape index (κ1) is 24.4. The van der Waals surface area contributed by atoms with E-state index in [1.54, 1.807) is 43.9 Å². The zero-order valence-corrected chi connectivity index (χ0v) is 20.8. The van der Waals surface area contributed by atoms with Crippen molar-refractivity contribution in [3.8, 4) is 11.5 Å². The smallest absolute Gasteiger partial charge is 0.338 e. The van der Waals surface area contributed by atoms with Crippen LogP contribution in [0.5, 0.6) is 11.5 Å². The summed E-state index contributed by atoms with van der Waals surface area (Å²) in [5.41, 5.74) is 2.07. The molecule has 0 bridgehead atoms. The molecule has 0 saturated carbocycles. The maximum Gasteiger partial charge on any atom is 0.338 e. The van der Waals surface area contributed by atoms with Gasteiger partial charge in [0.2, 0.25) is 0 Å². The van der Waals surface area contributed by atoms with Gasteiger partial charge in [-0.1, -0.05) is 41.7 Å². The molecular weight excluding hydrogens is 468 g/mol. The van der Waals surface area contributed by atoms with Crippen LogP contribution >= 0.6 is 11.3 Å². The number of allylic oxidation sites excluding steroid dienone is 1. The van der Waals surface area contributed by atoms with Crippen molar-refractivity contribution >= 4 is 23.4 Å². The van der Waals surface area contributed by atoms with Gasteiger partial charge in [-0.3, -0.25) is 9.36 Å². The van der Waals surface area contributed by atoms with Gasteiger partial charge in [0.15, 0.2) is 4.80 Å². The lowest BCUT2D eigenvalue weighted by molar-refractivity contribution is -0.140. The third-order valence-corrected chi connectivity index (χ3v) is 6.60. The van der Waals surface area contributed by atoms with Gasteiger partial charge in [-0.15, -0.1) is 0 Å². The number of carbonyl (C=O) groups is 1. The van der Waals surface area contributed by atoms with Crippen molar-refractivity contribution in [1.29, 1.82) is 0 Å². The second-order valence-electron chi connectivity index (χ2n) is 7.73. The standard InChI is InChI=1S/C26H26N2O6S/c1-16-22(25(30)34-14-13-31-2)23(17-9-11-19(32-3)12-10-17)28-24(29)21(35-26(28)27-16)15-18-7-5-6-8-20(18)33-4/h5-12,15,23H,13-14H2,1-4H3/t23-/m1/s1. The predicted octanol–water partition coefficient (Wildman–Crippen LogP) is 2.44. The number of methoxy groups -OCH3 is 3. The number of thiazole rings is 1. The van der Waals surface area contributed by atoms with Crippen LogP contribution in [0.3, 0.4) is 0 Å². The summed E-state index contributed by atoms with van der Waals surface area (Å²) in [6.07, 6.45) is 1.78. The number of aromatic nitrogens is 1. The number of para-hydroxylation sites is 1. The van der Waals surface area contributed by atoms with E-state index in [0.29, 0.717) is 32.1 Å². The average Bonchev–Trinajstić information content (AvgIpc) is 3.17. The van der Waals surface area contributed by atoms with E-state index in [2.05, 4.69) is 4.99 Å². The molecule has 1 atom stereocenters. The minimum absolute atomic E-state index is 0.0969. The molecule has 9 heteroatoms. The number of ether oxygens (including phenoxy) is 4. The molecule has 182 valence electrons. The molecule has 0 radical (unpaired) electrons. The summed E-state index contributed by atoms with van der Waals surface area (Å²) < 4.78 is 23.2. The Morgan fingerprint density at radius 1 is 1.06 bits per heavy atom. The van der Waals surface area contributed by atoms with Crippen molar-refractivity contribution in [3.63, 3.8) is 0 Å². The Hall–Kier alpha value is -3.69. The highest BCUT2D eigenvalue weighted by Gasteiger charge is 2.33. The number of hydrogen-bond donors (Lipinski definition) is 0. The summed E-state index contributed by atoms with van der Waals surface area (Å²) in [6, 6.07) is 14.0. The van der Waals surface area contributed by atoms with Gasteiger partial charge in [0.25, 0.3) is 5.56 Å². The summed E-state index contributed by atoms with van der Waals surface area (Å²) in [6.45, 7) is 2.12. The molecule has 8 nitrogen and oxygen atoms in total. The molecule has 4 rings (SSSR count). The monoisotopic (exact) mass is 494 g/mol. The third-order valence-electron chi connectivity index (χ3n) is 5.62. The highest BCUT2D eigenvalue weighted by atomic mass is 32.1. The number of hydrogen-bond acceptors (Lipinski definition) is 8. The molecule has 1 aliphatic rings. The van der Waals surface area contributed by atoms with Gasteiger partial charge >= 0.3 is 5.97 Å². The number of nitrogens with zero attached hydrogens (tertiary/aromatic N) is 2. The zero-order valence-electron chi connectivity index (χ0n) is 19.9. The normalized spacial score (nSPS) is 15.4. The maximum absolute atomic E-state index is 13.7. The Kier molecular flexibility index (Phi) is 7.48. The van der Waals surface area contributed by atoms with Gasteiger partial charge in [0.1, 0.15) is 18.1 Å². The maximum atomic E-state index is 13.7. The lowest BCUT2D eigenvalue weighted by Crippen LogP contribution is -2.40. The molecule has 35 heavy (non-hydrogen) atoms. The van der Waals surface area contributed by atoms with E-state index >= 15 is 0 Å². The fourth-order valence-corrected chi connectivity index (χ4v) is 4.94. The van der Waals surface area contributed by atoms with Crippen molar-refractivity contribution in [2.45, 2.75) is 13.0 Å². The van der Waals surface area contributed by atoms with Gasteiger partial charge in [-0.05, 0) is 36.8 Å². The van der Waals surface area contributed by atoms with Crippen LogP contribution in [-0.2, 0) is 14.3 Å². The van der Waals surface area contributed by atoms with Crippen LogP contribution in [0, 0.1) is 0 Å². The molecule has 0 spiro atoms. The van der Waals surface area contributed by atoms with Crippen molar-refractivity contribution in [3.05, 3.63) is 90.6 Å². The fourth-order valence-electron chi connectivity index (χ4n) is 3.91. The summed E-state index contributed by atoms with van der Waals surface area (Å²) in [5, 5.41) is 0. The lowest BCUT2D eigenvalue weighted by Gasteiger charge is -2.25. The summed E-state index contributed by atoms with van der Waals surface area (Å²) >= 11 is 1.26. The highest BCUT2D eigenvalue weighted by Crippen LogP contribution is 2.31. The number of rotatable bonds is 8. The lowest BCUT2D eigenvalue weighted by atomic mass is 9.96.